The van der Waals surface area contributed by atoms with Crippen molar-refractivity contribution in [3.63, 3.8) is 0 Å². The van der Waals surface area contributed by atoms with E-state index in [1.165, 1.54) is 19.2 Å². The molecule has 9 heteroatoms. The van der Waals surface area contributed by atoms with Gasteiger partial charge in [-0.05, 0) is 41.3 Å². The van der Waals surface area contributed by atoms with E-state index in [2.05, 4.69) is 0 Å². The quantitative estimate of drug-likeness (QED) is 0.136. The summed E-state index contributed by atoms with van der Waals surface area (Å²) in [5.74, 6) is -11.1. The first-order valence-corrected chi connectivity index (χ1v) is 10.3. The van der Waals surface area contributed by atoms with Crippen LogP contribution in [-0.2, 0) is 0 Å². The number of benzene rings is 5. The molecule has 0 saturated carbocycles. The van der Waals surface area contributed by atoms with Crippen LogP contribution in [0, 0.1) is 46.5 Å². The molecule has 36 heavy (non-hydrogen) atoms. The van der Waals surface area contributed by atoms with E-state index >= 15 is 22.0 Å². The zero-order chi connectivity index (χ0) is 25.9. The smallest absolute Gasteiger partial charge is 0.194 e. The summed E-state index contributed by atoms with van der Waals surface area (Å²) in [6.07, 6.45) is 0. The number of hydrogen-bond acceptors (Lipinski definition) is 1. The minimum absolute atomic E-state index is 0.200. The standard InChI is InChI=1S/C27H12F8O/c1-36-12-9-17(31)24(18(32)10-12)23-13-3-2-4-14(28)22(13)21(11-7-19(33)27(35)20(34)8-11)25-15(29)5-6-16(30)26(23)25/h2-10H,1H3. The van der Waals surface area contributed by atoms with Gasteiger partial charge in [-0.1, -0.05) is 12.1 Å². The third-order valence-corrected chi connectivity index (χ3v) is 5.91. The maximum atomic E-state index is 15.3. The largest absolute Gasteiger partial charge is 0.497 e. The molecule has 0 unspecified atom stereocenters. The lowest BCUT2D eigenvalue weighted by molar-refractivity contribution is 0.407. The summed E-state index contributed by atoms with van der Waals surface area (Å²) in [4.78, 5) is 0. The Balaban J connectivity index is 2.10. The number of fused-ring (bicyclic) bond motifs is 2. The molecule has 0 aliphatic carbocycles. The molecule has 5 aromatic carbocycles. The molecule has 1 nitrogen and oxygen atoms in total. The molecule has 0 aliphatic heterocycles. The van der Waals surface area contributed by atoms with Crippen molar-refractivity contribution in [3.8, 4) is 28.0 Å². The van der Waals surface area contributed by atoms with Gasteiger partial charge in [0.25, 0.3) is 0 Å². The van der Waals surface area contributed by atoms with Gasteiger partial charge < -0.3 is 4.74 Å². The summed E-state index contributed by atoms with van der Waals surface area (Å²) >= 11 is 0. The van der Waals surface area contributed by atoms with Crippen LogP contribution >= 0.6 is 0 Å². The van der Waals surface area contributed by atoms with E-state index in [1.807, 2.05) is 0 Å². The summed E-state index contributed by atoms with van der Waals surface area (Å²) in [7, 11) is 1.17. The Hall–Kier alpha value is -4.14. The minimum atomic E-state index is -1.82. The topological polar surface area (TPSA) is 9.23 Å². The zero-order valence-electron chi connectivity index (χ0n) is 18.1. The van der Waals surface area contributed by atoms with Crippen molar-refractivity contribution in [2.75, 3.05) is 7.11 Å². The van der Waals surface area contributed by atoms with E-state index in [9.17, 15) is 13.2 Å². The van der Waals surface area contributed by atoms with Gasteiger partial charge in [-0.2, -0.15) is 0 Å². The van der Waals surface area contributed by atoms with Crippen molar-refractivity contribution in [2.45, 2.75) is 0 Å². The second-order valence-corrected chi connectivity index (χ2v) is 7.91. The van der Waals surface area contributed by atoms with Gasteiger partial charge >= 0.3 is 0 Å². The lowest BCUT2D eigenvalue weighted by Crippen LogP contribution is -2.01. The molecule has 0 aliphatic rings. The predicted octanol–water partition coefficient (Wildman–Crippen LogP) is 8.45. The fourth-order valence-corrected chi connectivity index (χ4v) is 4.44. The first kappa shape index (κ1) is 23.6. The second kappa shape index (κ2) is 8.51. The van der Waals surface area contributed by atoms with Gasteiger partial charge in [0.15, 0.2) is 17.5 Å². The number of methoxy groups -OCH3 is 1. The van der Waals surface area contributed by atoms with Gasteiger partial charge in [0.1, 0.15) is 34.8 Å². The first-order chi connectivity index (χ1) is 17.1. The Labute approximate surface area is 198 Å². The molecule has 0 aromatic heterocycles. The molecule has 0 atom stereocenters. The third-order valence-electron chi connectivity index (χ3n) is 5.91. The minimum Gasteiger partial charge on any atom is -0.497 e. The highest BCUT2D eigenvalue weighted by molar-refractivity contribution is 6.22. The number of halogens is 8. The van der Waals surface area contributed by atoms with Crippen LogP contribution in [0.5, 0.6) is 5.75 Å². The molecule has 0 spiro atoms. The molecule has 5 rings (SSSR count). The van der Waals surface area contributed by atoms with Gasteiger partial charge in [-0.3, -0.25) is 0 Å². The van der Waals surface area contributed by atoms with Gasteiger partial charge in [-0.25, -0.2) is 35.1 Å². The van der Waals surface area contributed by atoms with Crippen molar-refractivity contribution in [1.29, 1.82) is 0 Å². The molecular weight excluding hydrogens is 492 g/mol. The lowest BCUT2D eigenvalue weighted by atomic mass is 9.85. The van der Waals surface area contributed by atoms with Crippen molar-refractivity contribution in [3.05, 3.63) is 101 Å². The summed E-state index contributed by atoms with van der Waals surface area (Å²) in [6, 6.07) is 7.27. The second-order valence-electron chi connectivity index (χ2n) is 7.91. The van der Waals surface area contributed by atoms with Crippen LogP contribution in [0.4, 0.5) is 35.1 Å². The van der Waals surface area contributed by atoms with Crippen molar-refractivity contribution < 1.29 is 39.9 Å². The Bertz CT molecular complexity index is 1660. The Morgan fingerprint density at radius 1 is 0.500 bits per heavy atom. The van der Waals surface area contributed by atoms with Crippen molar-refractivity contribution in [2.24, 2.45) is 0 Å². The van der Waals surface area contributed by atoms with Gasteiger partial charge in [-0.15, -0.1) is 0 Å². The fraction of sp³-hybridized carbons (Fsp3) is 0.0370. The van der Waals surface area contributed by atoms with Crippen LogP contribution in [0.25, 0.3) is 43.8 Å². The predicted molar refractivity (Wildman–Crippen MR) is 119 cm³/mol. The number of rotatable bonds is 3. The molecule has 182 valence electrons. The van der Waals surface area contributed by atoms with Crippen LogP contribution in [0.2, 0.25) is 0 Å². The fourth-order valence-electron chi connectivity index (χ4n) is 4.44. The molecule has 0 radical (unpaired) electrons. The summed E-state index contributed by atoms with van der Waals surface area (Å²) < 4.78 is 123. The van der Waals surface area contributed by atoms with E-state index in [-0.39, 0.29) is 11.1 Å². The molecular formula is C27H12F8O. The highest BCUT2D eigenvalue weighted by Crippen LogP contribution is 2.48. The van der Waals surface area contributed by atoms with E-state index in [0.717, 1.165) is 18.2 Å². The van der Waals surface area contributed by atoms with Gasteiger partial charge in [0.2, 0.25) is 0 Å². The van der Waals surface area contributed by atoms with Crippen LogP contribution < -0.4 is 4.74 Å². The van der Waals surface area contributed by atoms with Gasteiger partial charge in [0, 0.05) is 39.4 Å². The van der Waals surface area contributed by atoms with Crippen LogP contribution in [0.15, 0.2) is 54.6 Å². The first-order valence-electron chi connectivity index (χ1n) is 10.3. The molecule has 0 fully saturated rings. The molecule has 5 aromatic rings. The average Bonchev–Trinajstić information content (AvgIpc) is 2.83. The summed E-state index contributed by atoms with van der Waals surface area (Å²) in [5, 5.41) is -2.17. The normalized spacial score (nSPS) is 11.5. The Morgan fingerprint density at radius 3 is 1.58 bits per heavy atom. The summed E-state index contributed by atoms with van der Waals surface area (Å²) in [6.45, 7) is 0. The van der Waals surface area contributed by atoms with Crippen LogP contribution in [0.3, 0.4) is 0 Å². The zero-order valence-corrected chi connectivity index (χ0v) is 18.1. The number of hydrogen-bond donors (Lipinski definition) is 0. The van der Waals surface area contributed by atoms with E-state index in [4.69, 9.17) is 4.74 Å². The maximum Gasteiger partial charge on any atom is 0.194 e. The number of ether oxygens (including phenoxy) is 1. The molecule has 0 N–H and O–H groups in total. The van der Waals surface area contributed by atoms with E-state index < -0.39 is 85.0 Å². The molecule has 0 saturated heterocycles. The average molecular weight is 504 g/mol. The summed E-state index contributed by atoms with van der Waals surface area (Å²) in [5.41, 5.74) is -2.37. The lowest BCUT2D eigenvalue weighted by Gasteiger charge is -2.20. The Kier molecular flexibility index (Phi) is 5.58. The van der Waals surface area contributed by atoms with Crippen molar-refractivity contribution >= 4 is 21.5 Å². The Morgan fingerprint density at radius 2 is 1.03 bits per heavy atom. The highest BCUT2D eigenvalue weighted by atomic mass is 19.2. The van der Waals surface area contributed by atoms with Crippen LogP contribution in [0.1, 0.15) is 0 Å². The maximum absolute atomic E-state index is 15.3. The monoisotopic (exact) mass is 504 g/mol. The highest BCUT2D eigenvalue weighted by Gasteiger charge is 2.28. The molecule has 0 amide bonds. The van der Waals surface area contributed by atoms with Crippen molar-refractivity contribution in [1.82, 2.24) is 0 Å². The van der Waals surface area contributed by atoms with E-state index in [1.54, 1.807) is 0 Å². The molecule has 0 bridgehead atoms. The molecule has 0 heterocycles. The van der Waals surface area contributed by atoms with Gasteiger partial charge in [0.05, 0.1) is 12.7 Å². The third kappa shape index (κ3) is 3.45. The van der Waals surface area contributed by atoms with E-state index in [0.29, 0.717) is 24.3 Å². The van der Waals surface area contributed by atoms with Crippen LogP contribution in [-0.4, -0.2) is 7.11 Å². The SMILES string of the molecule is COc1cc(F)c(-c2c3cccc(F)c3c(-c3cc(F)c(F)c(F)c3)c3c(F)ccc(F)c23)c(F)c1.